The van der Waals surface area contributed by atoms with Gasteiger partial charge >= 0.3 is 11.8 Å². The lowest BCUT2D eigenvalue weighted by molar-refractivity contribution is -0.389. The van der Waals surface area contributed by atoms with Gasteiger partial charge in [0.15, 0.2) is 4.34 Å². The Hall–Kier alpha value is -2.98. The fourth-order valence-corrected chi connectivity index (χ4v) is 6.62. The van der Waals surface area contributed by atoms with Crippen molar-refractivity contribution < 1.29 is 24.4 Å². The summed E-state index contributed by atoms with van der Waals surface area (Å²) in [4.78, 5) is 48.2. The van der Waals surface area contributed by atoms with Crippen molar-refractivity contribution in [3.05, 3.63) is 38.7 Å². The molecule has 2 aliphatic heterocycles. The average Bonchev–Trinajstić information content (AvgIpc) is 3.42. The molecule has 0 bridgehead atoms. The lowest BCUT2D eigenvalue weighted by Crippen LogP contribution is -2.70. The Morgan fingerprint density at radius 1 is 1.42 bits per heavy atom. The lowest BCUT2D eigenvalue weighted by Gasteiger charge is -2.49. The van der Waals surface area contributed by atoms with E-state index in [2.05, 4.69) is 20.6 Å². The van der Waals surface area contributed by atoms with Gasteiger partial charge in [0.25, 0.3) is 5.91 Å². The van der Waals surface area contributed by atoms with Crippen molar-refractivity contribution in [2.45, 2.75) is 35.6 Å². The molecule has 4 rings (SSSR count). The van der Waals surface area contributed by atoms with Crippen LogP contribution in [0.4, 0.5) is 5.82 Å². The number of carbonyl (C=O) groups is 3. The number of aryl methyl sites for hydroxylation is 2. The van der Waals surface area contributed by atoms with Crippen LogP contribution in [0.5, 0.6) is 0 Å². The van der Waals surface area contributed by atoms with E-state index in [1.165, 1.54) is 56.7 Å². The summed E-state index contributed by atoms with van der Waals surface area (Å²) in [7, 11) is 0. The molecule has 0 spiro atoms. The molecule has 13 nitrogen and oxygen atoms in total. The van der Waals surface area contributed by atoms with E-state index in [0.29, 0.717) is 17.1 Å². The number of carboxylic acids is 1. The Balaban J connectivity index is 1.36. The molecule has 1 fully saturated rings. The highest BCUT2D eigenvalue weighted by Gasteiger charge is 2.54. The van der Waals surface area contributed by atoms with Crippen LogP contribution in [0, 0.1) is 17.0 Å². The van der Waals surface area contributed by atoms with Crippen molar-refractivity contribution in [2.75, 3.05) is 11.5 Å². The summed E-state index contributed by atoms with van der Waals surface area (Å²) >= 11 is 4.17. The van der Waals surface area contributed by atoms with Crippen LogP contribution in [-0.4, -0.2) is 75.6 Å². The molecule has 2 N–H and O–H groups in total. The number of amides is 2. The number of nitrogens with zero attached hydrogens (tertiary/aromatic N) is 6. The SMILES string of the molecule is Cc1nnc(SCC2=C(C(=O)O)N3C(=O)[C@@H](NC(=O)CCn4ccc([N+](=O)[O-])n4)[C@H]3SC2)s1. The number of rotatable bonds is 9. The number of thioether (sulfide) groups is 2. The number of aromatic nitrogens is 4. The van der Waals surface area contributed by atoms with E-state index in [-0.39, 0.29) is 24.5 Å². The van der Waals surface area contributed by atoms with Crippen molar-refractivity contribution in [1.82, 2.24) is 30.2 Å². The maximum absolute atomic E-state index is 12.7. The Kier molecular flexibility index (Phi) is 6.66. The second kappa shape index (κ2) is 9.48. The zero-order valence-electron chi connectivity index (χ0n) is 17.0. The molecule has 16 heteroatoms. The summed E-state index contributed by atoms with van der Waals surface area (Å²) in [6.45, 7) is 1.94. The number of β-lactam (4-membered cyclic amide) rings is 1. The van der Waals surface area contributed by atoms with Gasteiger partial charge < -0.3 is 20.5 Å². The van der Waals surface area contributed by atoms with Crippen LogP contribution in [0.15, 0.2) is 27.9 Å². The molecule has 0 aliphatic carbocycles. The molecule has 2 aromatic rings. The molecule has 0 radical (unpaired) electrons. The minimum absolute atomic E-state index is 0.0369. The zero-order valence-corrected chi connectivity index (χ0v) is 19.5. The normalized spacial score (nSPS) is 19.8. The maximum atomic E-state index is 12.7. The maximum Gasteiger partial charge on any atom is 0.389 e. The average molecular weight is 512 g/mol. The molecule has 2 aromatic heterocycles. The number of hydrogen-bond acceptors (Lipinski definition) is 11. The fraction of sp³-hybridized carbons (Fsp3) is 0.412. The van der Waals surface area contributed by atoms with Crippen molar-refractivity contribution >= 4 is 58.5 Å². The summed E-state index contributed by atoms with van der Waals surface area (Å²) in [5.74, 6) is -1.65. The molecule has 0 unspecified atom stereocenters. The molecule has 0 aromatic carbocycles. The number of fused-ring (bicyclic) bond motifs is 1. The molecule has 2 aliphatic rings. The molecule has 2 atom stereocenters. The lowest BCUT2D eigenvalue weighted by atomic mass is 10.0. The van der Waals surface area contributed by atoms with Crippen LogP contribution >= 0.6 is 34.9 Å². The molecule has 1 saturated heterocycles. The number of aliphatic carboxylic acids is 1. The van der Waals surface area contributed by atoms with Crippen LogP contribution in [-0.2, 0) is 20.9 Å². The number of carboxylic acid groups (broad SMARTS) is 1. The minimum Gasteiger partial charge on any atom is -0.477 e. The highest BCUT2D eigenvalue weighted by Crippen LogP contribution is 2.41. The fourth-order valence-electron chi connectivity index (χ4n) is 3.31. The first-order valence-corrected chi connectivity index (χ1v) is 12.4. The molecular formula is C17H17N7O6S3. The molecule has 174 valence electrons. The Bertz CT molecular complexity index is 1160. The van der Waals surface area contributed by atoms with E-state index in [9.17, 15) is 29.6 Å². The van der Waals surface area contributed by atoms with Gasteiger partial charge in [-0.05, 0) is 17.4 Å². The molecular weight excluding hydrogens is 494 g/mol. The van der Waals surface area contributed by atoms with Gasteiger partial charge in [-0.3, -0.25) is 14.5 Å². The van der Waals surface area contributed by atoms with Crippen molar-refractivity contribution in [3.8, 4) is 0 Å². The van der Waals surface area contributed by atoms with E-state index in [1.54, 1.807) is 0 Å². The van der Waals surface area contributed by atoms with Crippen molar-refractivity contribution in [1.29, 1.82) is 0 Å². The topological polar surface area (TPSA) is 173 Å². The largest absolute Gasteiger partial charge is 0.477 e. The van der Waals surface area contributed by atoms with E-state index >= 15 is 0 Å². The Morgan fingerprint density at radius 2 is 2.21 bits per heavy atom. The Labute approximate surface area is 198 Å². The number of hydrogen-bond donors (Lipinski definition) is 2. The van der Waals surface area contributed by atoms with Gasteiger partial charge in [-0.2, -0.15) is 4.68 Å². The third kappa shape index (κ3) is 4.86. The van der Waals surface area contributed by atoms with Gasteiger partial charge in [0.1, 0.15) is 22.1 Å². The van der Waals surface area contributed by atoms with Gasteiger partial charge in [-0.15, -0.1) is 22.0 Å². The first-order chi connectivity index (χ1) is 15.7. The predicted octanol–water partition coefficient (Wildman–Crippen LogP) is 0.872. The first-order valence-electron chi connectivity index (χ1n) is 9.54. The second-order valence-corrected chi connectivity index (χ2v) is 10.5. The summed E-state index contributed by atoms with van der Waals surface area (Å²) in [5, 5.41) is 35.0. The highest BCUT2D eigenvalue weighted by molar-refractivity contribution is 8.01. The minimum atomic E-state index is -1.19. The molecule has 4 heterocycles. The third-order valence-electron chi connectivity index (χ3n) is 4.83. The van der Waals surface area contributed by atoms with Gasteiger partial charge in [0.2, 0.25) is 5.91 Å². The summed E-state index contributed by atoms with van der Waals surface area (Å²) in [6, 6.07) is 0.398. The molecule has 0 saturated carbocycles. The number of nitrogens with one attached hydrogen (secondary N) is 1. The highest BCUT2D eigenvalue weighted by atomic mass is 32.2. The predicted molar refractivity (Wildman–Crippen MR) is 119 cm³/mol. The van der Waals surface area contributed by atoms with Crippen molar-refractivity contribution in [3.63, 3.8) is 0 Å². The summed E-state index contributed by atoms with van der Waals surface area (Å²) in [5.41, 5.74) is 0.562. The standard InChI is InChI=1S/C17H17N7O6S3/c1-8-19-20-17(33-8)32-7-9-6-31-15-12(14(26)23(15)13(9)16(27)28)18-11(25)3-5-22-4-2-10(21-22)24(29)30/h2,4,12,15H,3,5-7H2,1H3,(H,18,25)(H,27,28)/t12-,15-/m1/s1. The van der Waals surface area contributed by atoms with Crippen LogP contribution in [0.25, 0.3) is 0 Å². The molecule has 2 amide bonds. The van der Waals surface area contributed by atoms with Gasteiger partial charge in [0, 0.05) is 17.9 Å². The van der Waals surface area contributed by atoms with Crippen LogP contribution < -0.4 is 5.32 Å². The van der Waals surface area contributed by atoms with Crippen LogP contribution in [0.1, 0.15) is 11.4 Å². The Morgan fingerprint density at radius 3 is 2.85 bits per heavy atom. The van der Waals surface area contributed by atoms with E-state index in [0.717, 1.165) is 9.35 Å². The number of carbonyl (C=O) groups excluding carboxylic acids is 2. The summed E-state index contributed by atoms with van der Waals surface area (Å²) in [6.07, 6.45) is 1.36. The smallest absolute Gasteiger partial charge is 0.389 e. The van der Waals surface area contributed by atoms with E-state index in [1.807, 2.05) is 6.92 Å². The first kappa shape index (κ1) is 23.2. The van der Waals surface area contributed by atoms with E-state index in [4.69, 9.17) is 0 Å². The van der Waals surface area contributed by atoms with Crippen LogP contribution in [0.3, 0.4) is 0 Å². The zero-order chi connectivity index (χ0) is 23.7. The summed E-state index contributed by atoms with van der Waals surface area (Å²) < 4.78 is 2.00. The van der Waals surface area contributed by atoms with Gasteiger partial charge in [-0.1, -0.05) is 23.1 Å². The second-order valence-electron chi connectivity index (χ2n) is 7.03. The number of nitro groups is 1. The third-order valence-corrected chi connectivity index (χ3v) is 8.22. The molecule has 33 heavy (non-hydrogen) atoms. The van der Waals surface area contributed by atoms with E-state index < -0.39 is 34.1 Å². The van der Waals surface area contributed by atoms with Gasteiger partial charge in [0.05, 0.1) is 23.9 Å². The monoisotopic (exact) mass is 511 g/mol. The van der Waals surface area contributed by atoms with Crippen LogP contribution in [0.2, 0.25) is 0 Å². The quantitative estimate of drug-likeness (QED) is 0.212. The van der Waals surface area contributed by atoms with Crippen molar-refractivity contribution in [2.24, 2.45) is 0 Å². The van der Waals surface area contributed by atoms with Gasteiger partial charge in [-0.25, -0.2) is 4.79 Å².